The Morgan fingerprint density at radius 2 is 1.45 bits per heavy atom. The Morgan fingerprint density at radius 1 is 0.864 bits per heavy atom. The first-order chi connectivity index (χ1) is 10.7. The summed E-state index contributed by atoms with van der Waals surface area (Å²) in [4.78, 5) is 0. The summed E-state index contributed by atoms with van der Waals surface area (Å²) in [6.45, 7) is 0.280. The molecule has 0 fully saturated rings. The van der Waals surface area contributed by atoms with Gasteiger partial charge in [0.1, 0.15) is 29.6 Å². The molecular weight excluding hydrogens is 282 g/mol. The van der Waals surface area contributed by atoms with Crippen LogP contribution in [0.5, 0.6) is 23.0 Å². The van der Waals surface area contributed by atoms with Crippen LogP contribution in [0.2, 0.25) is 0 Å². The maximum absolute atomic E-state index is 8.79. The zero-order valence-corrected chi connectivity index (χ0v) is 12.8. The molecule has 0 aromatic heterocycles. The first-order valence-corrected chi connectivity index (χ1v) is 6.63. The normalized spacial score (nSPS) is 9.73. The quantitative estimate of drug-likeness (QED) is 0.820. The fourth-order valence-corrected chi connectivity index (χ4v) is 2.00. The van der Waals surface area contributed by atoms with Crippen molar-refractivity contribution >= 4 is 0 Å². The van der Waals surface area contributed by atoms with Crippen molar-refractivity contribution in [2.24, 2.45) is 0 Å². The highest BCUT2D eigenvalue weighted by Crippen LogP contribution is 2.34. The molecule has 0 radical (unpaired) electrons. The van der Waals surface area contributed by atoms with Gasteiger partial charge in [0, 0.05) is 12.1 Å². The molecule has 0 saturated heterocycles. The molecule has 0 saturated carbocycles. The van der Waals surface area contributed by atoms with Crippen LogP contribution >= 0.6 is 0 Å². The van der Waals surface area contributed by atoms with Crippen LogP contribution in [0, 0.1) is 11.3 Å². The predicted octanol–water partition coefficient (Wildman–Crippen LogP) is 3.16. The van der Waals surface area contributed by atoms with Gasteiger partial charge in [-0.1, -0.05) is 0 Å². The zero-order chi connectivity index (χ0) is 15.9. The van der Waals surface area contributed by atoms with E-state index < -0.39 is 0 Å². The van der Waals surface area contributed by atoms with Crippen LogP contribution in [0.3, 0.4) is 0 Å². The van der Waals surface area contributed by atoms with Crippen molar-refractivity contribution in [3.05, 3.63) is 47.5 Å². The van der Waals surface area contributed by atoms with Gasteiger partial charge in [-0.2, -0.15) is 5.26 Å². The molecule has 5 heteroatoms. The summed E-state index contributed by atoms with van der Waals surface area (Å²) in [6, 6.07) is 12.5. The Hall–Kier alpha value is -2.87. The summed E-state index contributed by atoms with van der Waals surface area (Å²) in [5.41, 5.74) is 1.38. The Morgan fingerprint density at radius 3 is 1.91 bits per heavy atom. The van der Waals surface area contributed by atoms with Crippen molar-refractivity contribution in [2.75, 3.05) is 21.3 Å². The molecule has 0 bridgehead atoms. The van der Waals surface area contributed by atoms with Gasteiger partial charge < -0.3 is 18.9 Å². The van der Waals surface area contributed by atoms with E-state index >= 15 is 0 Å². The largest absolute Gasteiger partial charge is 0.496 e. The summed E-state index contributed by atoms with van der Waals surface area (Å²) < 4.78 is 21.7. The maximum Gasteiger partial charge on any atom is 0.132 e. The van der Waals surface area contributed by atoms with E-state index in [1.165, 1.54) is 0 Å². The van der Waals surface area contributed by atoms with Crippen molar-refractivity contribution in [2.45, 2.75) is 6.61 Å². The van der Waals surface area contributed by atoms with Crippen LogP contribution in [-0.2, 0) is 6.61 Å². The molecule has 0 atom stereocenters. The molecular formula is C17H17NO4. The van der Waals surface area contributed by atoms with Crippen LogP contribution in [0.1, 0.15) is 11.1 Å². The smallest absolute Gasteiger partial charge is 0.132 e. The highest BCUT2D eigenvalue weighted by Gasteiger charge is 2.14. The summed E-state index contributed by atoms with van der Waals surface area (Å²) in [5, 5.41) is 8.79. The average Bonchev–Trinajstić information content (AvgIpc) is 2.59. The molecule has 2 aromatic carbocycles. The monoisotopic (exact) mass is 299 g/mol. The molecule has 0 aliphatic heterocycles. The summed E-state index contributed by atoms with van der Waals surface area (Å²) in [5.74, 6) is 2.57. The van der Waals surface area contributed by atoms with Crippen molar-refractivity contribution in [1.82, 2.24) is 0 Å². The minimum atomic E-state index is 0.280. The van der Waals surface area contributed by atoms with E-state index in [4.69, 9.17) is 24.2 Å². The standard InChI is InChI=1S/C17H17NO4/c1-19-14-8-16(20-2)15(17(9-14)21-3)11-22-13-6-4-12(10-18)5-7-13/h4-9H,11H2,1-3H3. The number of hydrogen-bond donors (Lipinski definition) is 0. The Bertz CT molecular complexity index is 649. The molecule has 114 valence electrons. The van der Waals surface area contributed by atoms with E-state index in [1.807, 2.05) is 0 Å². The van der Waals surface area contributed by atoms with E-state index in [0.29, 0.717) is 28.6 Å². The Balaban J connectivity index is 2.22. The average molecular weight is 299 g/mol. The van der Waals surface area contributed by atoms with E-state index in [2.05, 4.69) is 6.07 Å². The lowest BCUT2D eigenvalue weighted by Crippen LogP contribution is -2.02. The van der Waals surface area contributed by atoms with Gasteiger partial charge >= 0.3 is 0 Å². The molecule has 0 unspecified atom stereocenters. The van der Waals surface area contributed by atoms with Crippen molar-refractivity contribution in [1.29, 1.82) is 5.26 Å². The molecule has 5 nitrogen and oxygen atoms in total. The molecule has 22 heavy (non-hydrogen) atoms. The minimum Gasteiger partial charge on any atom is -0.496 e. The van der Waals surface area contributed by atoms with Gasteiger partial charge in [-0.25, -0.2) is 0 Å². The Labute approximate surface area is 129 Å². The van der Waals surface area contributed by atoms with Gasteiger partial charge in [-0.05, 0) is 24.3 Å². The van der Waals surface area contributed by atoms with Crippen LogP contribution < -0.4 is 18.9 Å². The van der Waals surface area contributed by atoms with Gasteiger partial charge in [0.05, 0.1) is 38.5 Å². The first kappa shape index (κ1) is 15.5. The predicted molar refractivity (Wildman–Crippen MR) is 81.6 cm³/mol. The highest BCUT2D eigenvalue weighted by molar-refractivity contribution is 5.50. The number of hydrogen-bond acceptors (Lipinski definition) is 5. The number of nitriles is 1. The fourth-order valence-electron chi connectivity index (χ4n) is 2.00. The number of ether oxygens (including phenoxy) is 4. The second-order valence-corrected chi connectivity index (χ2v) is 4.44. The van der Waals surface area contributed by atoms with Crippen LogP contribution in [0.15, 0.2) is 36.4 Å². The van der Waals surface area contributed by atoms with Gasteiger partial charge in [0.15, 0.2) is 0 Å². The summed E-state index contributed by atoms with van der Waals surface area (Å²) in [6.07, 6.45) is 0. The number of rotatable bonds is 6. The third-order valence-corrected chi connectivity index (χ3v) is 3.18. The second kappa shape index (κ2) is 7.23. The van der Waals surface area contributed by atoms with Crippen LogP contribution in [0.25, 0.3) is 0 Å². The van der Waals surface area contributed by atoms with Gasteiger partial charge in [-0.3, -0.25) is 0 Å². The third-order valence-electron chi connectivity index (χ3n) is 3.18. The molecule has 0 heterocycles. The van der Waals surface area contributed by atoms with Crippen LogP contribution in [0.4, 0.5) is 0 Å². The second-order valence-electron chi connectivity index (χ2n) is 4.44. The lowest BCUT2D eigenvalue weighted by molar-refractivity contribution is 0.285. The van der Waals surface area contributed by atoms with E-state index in [1.54, 1.807) is 57.7 Å². The number of nitrogens with zero attached hydrogens (tertiary/aromatic N) is 1. The lowest BCUT2D eigenvalue weighted by atomic mass is 10.1. The molecule has 0 amide bonds. The van der Waals surface area contributed by atoms with Crippen molar-refractivity contribution in [3.8, 4) is 29.1 Å². The van der Waals surface area contributed by atoms with Crippen LogP contribution in [-0.4, -0.2) is 21.3 Å². The van der Waals surface area contributed by atoms with E-state index in [9.17, 15) is 0 Å². The summed E-state index contributed by atoms with van der Waals surface area (Å²) in [7, 11) is 4.75. The van der Waals surface area contributed by atoms with Crippen molar-refractivity contribution < 1.29 is 18.9 Å². The topological polar surface area (TPSA) is 60.7 Å². The lowest BCUT2D eigenvalue weighted by Gasteiger charge is -2.15. The SMILES string of the molecule is COc1cc(OC)c(COc2ccc(C#N)cc2)c(OC)c1. The maximum atomic E-state index is 8.79. The molecule has 0 aliphatic carbocycles. The highest BCUT2D eigenvalue weighted by atomic mass is 16.5. The third kappa shape index (κ3) is 3.41. The molecule has 0 aliphatic rings. The van der Waals surface area contributed by atoms with Gasteiger partial charge in [0.2, 0.25) is 0 Å². The Kier molecular flexibility index (Phi) is 5.10. The molecule has 0 N–H and O–H groups in total. The molecule has 0 spiro atoms. The first-order valence-electron chi connectivity index (χ1n) is 6.63. The van der Waals surface area contributed by atoms with Crippen molar-refractivity contribution in [3.63, 3.8) is 0 Å². The minimum absolute atomic E-state index is 0.280. The van der Waals surface area contributed by atoms with E-state index in [0.717, 1.165) is 5.56 Å². The fraction of sp³-hybridized carbons (Fsp3) is 0.235. The van der Waals surface area contributed by atoms with E-state index in [-0.39, 0.29) is 6.61 Å². The summed E-state index contributed by atoms with van der Waals surface area (Å²) >= 11 is 0. The number of methoxy groups -OCH3 is 3. The van der Waals surface area contributed by atoms with Gasteiger partial charge in [-0.15, -0.1) is 0 Å². The molecule has 2 rings (SSSR count). The molecule has 2 aromatic rings. The zero-order valence-electron chi connectivity index (χ0n) is 12.8. The number of benzene rings is 2. The van der Waals surface area contributed by atoms with Gasteiger partial charge in [0.25, 0.3) is 0 Å².